The molecular weight excluding hydrogens is 1090 g/mol. The van der Waals surface area contributed by atoms with Crippen molar-refractivity contribution in [1.29, 1.82) is 0 Å². The second kappa shape index (κ2) is 32.9. The number of amides is 10. The van der Waals surface area contributed by atoms with E-state index in [1.165, 1.54) is 97.5 Å². The molecule has 486 valence electrons. The van der Waals surface area contributed by atoms with E-state index in [4.69, 9.17) is 4.74 Å². The van der Waals surface area contributed by atoms with E-state index in [1.807, 2.05) is 62.3 Å². The third-order valence-electron chi connectivity index (χ3n) is 17.2. The maximum atomic E-state index is 15.2. The summed E-state index contributed by atoms with van der Waals surface area (Å²) < 4.78 is 6.21. The summed E-state index contributed by atoms with van der Waals surface area (Å²) in [6.07, 6.45) is 0.206. The molecule has 2 heterocycles. The summed E-state index contributed by atoms with van der Waals surface area (Å²) in [7, 11) is 10.3. The molecule has 13 atom stereocenters. The van der Waals surface area contributed by atoms with Gasteiger partial charge >= 0.3 is 0 Å². The summed E-state index contributed by atoms with van der Waals surface area (Å²) in [6, 6.07) is -11.5. The Hall–Kier alpha value is -5.67. The molecule has 0 radical (unpaired) electrons. The zero-order chi connectivity index (χ0) is 65.7. The second-order valence-electron chi connectivity index (χ2n) is 27.4. The van der Waals surface area contributed by atoms with Crippen LogP contribution in [0.4, 0.5) is 0 Å². The molecule has 0 aromatic carbocycles. The Bertz CT molecular complexity index is 2340. The Labute approximate surface area is 509 Å². The molecule has 2 saturated heterocycles. The average Bonchev–Trinajstić information content (AvgIpc) is 3.95. The first-order valence-corrected chi connectivity index (χ1v) is 31.1. The van der Waals surface area contributed by atoms with Crippen molar-refractivity contribution >= 4 is 64.9 Å². The Morgan fingerprint density at radius 3 is 1.20 bits per heavy atom. The first kappa shape index (κ1) is 75.4. The molecule has 2 aliphatic rings. The molecule has 3 N–H and O–H groups in total. The lowest BCUT2D eigenvalue weighted by Gasteiger charge is -2.41. The molecule has 0 unspecified atom stereocenters. The topological polar surface area (TPSA) is 256 Å². The van der Waals surface area contributed by atoms with Crippen molar-refractivity contribution in [3.63, 3.8) is 0 Å². The molecule has 2 rings (SSSR count). The lowest BCUT2D eigenvalue weighted by atomic mass is 9.92. The first-order chi connectivity index (χ1) is 39.1. The first-order valence-electron chi connectivity index (χ1n) is 31.1. The van der Waals surface area contributed by atoms with Crippen LogP contribution in [-0.4, -0.2) is 222 Å². The van der Waals surface area contributed by atoms with Crippen LogP contribution < -0.4 is 16.0 Å². The molecule has 0 aromatic rings. The maximum absolute atomic E-state index is 15.2. The Balaban J connectivity index is 2.98. The molecule has 2 fully saturated rings. The van der Waals surface area contributed by atoms with E-state index < -0.39 is 155 Å². The van der Waals surface area contributed by atoms with Gasteiger partial charge in [0.05, 0.1) is 12.1 Å². The number of ketones is 1. The molecule has 0 aromatic heterocycles. The smallest absolute Gasteiger partial charge is 0.246 e. The zero-order valence-electron chi connectivity index (χ0n) is 56.5. The number of nitrogens with zero attached hydrogens (tertiary/aromatic N) is 7. The Morgan fingerprint density at radius 2 is 0.788 bits per heavy atom. The highest BCUT2D eigenvalue weighted by Crippen LogP contribution is 2.29. The van der Waals surface area contributed by atoms with E-state index in [-0.39, 0.29) is 61.7 Å². The third kappa shape index (κ3) is 19.7. The van der Waals surface area contributed by atoms with E-state index in [9.17, 15) is 38.4 Å². The lowest BCUT2D eigenvalue weighted by Crippen LogP contribution is -2.64. The summed E-state index contributed by atoms with van der Waals surface area (Å²) >= 11 is 0. The molecule has 0 aliphatic carbocycles. The van der Waals surface area contributed by atoms with Crippen LogP contribution in [0.25, 0.3) is 0 Å². The summed E-state index contributed by atoms with van der Waals surface area (Å²) in [5, 5.41) is 8.60. The number of nitrogens with one attached hydrogen (secondary N) is 3. The molecule has 2 aliphatic heterocycles. The van der Waals surface area contributed by atoms with Gasteiger partial charge in [0.15, 0.2) is 5.78 Å². The van der Waals surface area contributed by atoms with Crippen LogP contribution in [0, 0.1) is 53.3 Å². The Morgan fingerprint density at radius 1 is 0.412 bits per heavy atom. The highest BCUT2D eigenvalue weighted by Gasteiger charge is 2.48. The van der Waals surface area contributed by atoms with Crippen molar-refractivity contribution < 1.29 is 57.5 Å². The van der Waals surface area contributed by atoms with E-state index in [2.05, 4.69) is 16.0 Å². The van der Waals surface area contributed by atoms with Gasteiger partial charge in [0.2, 0.25) is 59.1 Å². The van der Waals surface area contributed by atoms with Crippen molar-refractivity contribution in [2.24, 2.45) is 53.3 Å². The second-order valence-corrected chi connectivity index (χ2v) is 27.4. The van der Waals surface area contributed by atoms with E-state index >= 15 is 14.4 Å². The highest BCUT2D eigenvalue weighted by atomic mass is 16.5. The van der Waals surface area contributed by atoms with Crippen molar-refractivity contribution in [3.05, 3.63) is 0 Å². The molecule has 10 amide bonds. The van der Waals surface area contributed by atoms with Gasteiger partial charge in [-0.1, -0.05) is 111 Å². The van der Waals surface area contributed by atoms with Crippen molar-refractivity contribution in [1.82, 2.24) is 50.2 Å². The van der Waals surface area contributed by atoms with Crippen LogP contribution >= 0.6 is 0 Å². The van der Waals surface area contributed by atoms with Crippen LogP contribution in [0.1, 0.15) is 163 Å². The number of carbonyl (C=O) groups is 11. The predicted molar refractivity (Wildman–Crippen MR) is 328 cm³/mol. The quantitative estimate of drug-likeness (QED) is 0.245. The number of hydrogen-bond donors (Lipinski definition) is 3. The maximum Gasteiger partial charge on any atom is 0.246 e. The fraction of sp³-hybridized carbons (Fsp3) is 0.825. The summed E-state index contributed by atoms with van der Waals surface area (Å²) in [5.41, 5.74) is 0. The predicted octanol–water partition coefficient (Wildman–Crippen LogP) is 4.46. The molecule has 22 heteroatoms. The van der Waals surface area contributed by atoms with Gasteiger partial charge in [-0.2, -0.15) is 0 Å². The zero-order valence-corrected chi connectivity index (χ0v) is 56.5. The number of ether oxygens (including phenoxy) is 1. The normalized spacial score (nSPS) is 29.8. The van der Waals surface area contributed by atoms with Gasteiger partial charge in [0, 0.05) is 68.3 Å². The monoisotopic (exact) mass is 1200 g/mol. The SMILES string of the molecule is CC(C)C[C@@H]1C(=O)N(C)[C@H](CC(C)C)C(=O)N(C)[C@H](C(C)C)C(=O)N(C)[C@H]([C@@H]2OCC[C@H]2C)C(=O)N[C@H](C(C)C)C(=O)N(C)[C@H](C)C(=O)N(C)[C@@H](CC(C)C)C(=O)N[C@H](C(C)C)C(=O)N(C)[C@H](CC(C)C)C(=O)N[C@H](C)C(=O)C[C@@H](C)C(=O)N1C. The van der Waals surface area contributed by atoms with Gasteiger partial charge in [-0.3, -0.25) is 52.7 Å². The molecule has 85 heavy (non-hydrogen) atoms. The van der Waals surface area contributed by atoms with Gasteiger partial charge in [-0.05, 0) is 93.3 Å². The van der Waals surface area contributed by atoms with E-state index in [0.717, 1.165) is 0 Å². The van der Waals surface area contributed by atoms with Crippen molar-refractivity contribution in [2.45, 2.75) is 230 Å². The standard InChI is InChI=1S/C63H112N10O12/c1-33(2)28-44-54(75)64-42(17)48(74)32-41(16)57(78)70(22)46(30-35(5)6)59(80)71(23)47(31-36(7)8)60(81)72(24)51(39(13)14)63(84)73(25)52(53-40(15)26-27-85-53)56(77)66-49(37(9)10)61(82)67(19)43(18)58(79)68(20)45(29-34(3)4)55(76)65-50(38(11)12)62(83)69(44)21/h33-47,49-53H,26-32H2,1-25H3,(H,64,75)(H,65,76)(H,66,77)/t40-,41-,42-,43-,44-,45+,46-,47-,49-,50-,51-,52-,53-/m1/s1. The molecule has 0 saturated carbocycles. The average molecular weight is 1200 g/mol. The van der Waals surface area contributed by atoms with Crippen molar-refractivity contribution in [2.75, 3.05) is 55.9 Å². The molecule has 0 bridgehead atoms. The van der Waals surface area contributed by atoms with E-state index in [1.54, 1.807) is 48.5 Å². The molecule has 22 nitrogen and oxygen atoms in total. The number of hydrogen-bond acceptors (Lipinski definition) is 12. The Kier molecular flexibility index (Phi) is 29.2. The molecular formula is C63H112N10O12. The van der Waals surface area contributed by atoms with Crippen LogP contribution in [0.5, 0.6) is 0 Å². The minimum atomic E-state index is -1.30. The van der Waals surface area contributed by atoms with E-state index in [0.29, 0.717) is 13.0 Å². The minimum absolute atomic E-state index is 0.106. The number of carbonyl (C=O) groups excluding carboxylic acids is 11. The minimum Gasteiger partial charge on any atom is -0.375 e. The van der Waals surface area contributed by atoms with Crippen molar-refractivity contribution in [3.8, 4) is 0 Å². The fourth-order valence-electron chi connectivity index (χ4n) is 11.6. The van der Waals surface area contributed by atoms with Crippen LogP contribution in [0.2, 0.25) is 0 Å². The highest BCUT2D eigenvalue weighted by molar-refractivity contribution is 6.00. The van der Waals surface area contributed by atoms with Gasteiger partial charge in [0.25, 0.3) is 0 Å². The van der Waals surface area contributed by atoms with Gasteiger partial charge < -0.3 is 55.0 Å². The number of Topliss-reactive ketones (excluding diaryl/α,β-unsaturated/α-hetero) is 1. The molecule has 0 spiro atoms. The summed E-state index contributed by atoms with van der Waals surface area (Å²) in [4.78, 5) is 171. The van der Waals surface area contributed by atoms with Crippen LogP contribution in [0.15, 0.2) is 0 Å². The largest absolute Gasteiger partial charge is 0.375 e. The van der Waals surface area contributed by atoms with Gasteiger partial charge in [0.1, 0.15) is 54.4 Å². The lowest BCUT2D eigenvalue weighted by molar-refractivity contribution is -0.157. The summed E-state index contributed by atoms with van der Waals surface area (Å²) in [5.74, 6) is -9.61. The number of likely N-dealkylation sites (N-methyl/N-ethyl adjacent to an activating group) is 7. The summed E-state index contributed by atoms with van der Waals surface area (Å²) in [6.45, 7) is 32.5. The van der Waals surface area contributed by atoms with Gasteiger partial charge in [-0.25, -0.2) is 0 Å². The van der Waals surface area contributed by atoms with Crippen LogP contribution in [0.3, 0.4) is 0 Å². The third-order valence-corrected chi connectivity index (χ3v) is 17.2. The van der Waals surface area contributed by atoms with Gasteiger partial charge in [-0.15, -0.1) is 0 Å². The fourth-order valence-corrected chi connectivity index (χ4v) is 11.6. The number of rotatable bonds is 12. The van der Waals surface area contributed by atoms with Crippen LogP contribution in [-0.2, 0) is 57.5 Å².